The summed E-state index contributed by atoms with van der Waals surface area (Å²) in [4.78, 5) is 58.0. The fourth-order valence-corrected chi connectivity index (χ4v) is 13.1. The molecule has 8 heteroatoms. The molecule has 0 radical (unpaired) electrons. The van der Waals surface area contributed by atoms with Gasteiger partial charge in [0, 0.05) is 56.1 Å². The molecule has 0 saturated heterocycles. The van der Waals surface area contributed by atoms with Crippen molar-refractivity contribution in [1.29, 1.82) is 0 Å². The molecule has 354 valence electrons. The van der Waals surface area contributed by atoms with E-state index in [1.165, 1.54) is 0 Å². The Labute approximate surface area is 397 Å². The van der Waals surface area contributed by atoms with Crippen LogP contribution in [-0.4, -0.2) is 74.0 Å². The van der Waals surface area contributed by atoms with Crippen molar-refractivity contribution in [3.05, 3.63) is 129 Å². The average Bonchev–Trinajstić information content (AvgIpc) is 3.65. The molecule has 67 heavy (non-hydrogen) atoms. The van der Waals surface area contributed by atoms with Gasteiger partial charge in [0.05, 0.1) is 0 Å². The number of rotatable bonds is 16. The molecule has 0 atom stereocenters. The summed E-state index contributed by atoms with van der Waals surface area (Å²) < 4.78 is 24.3. The topological polar surface area (TPSA) is 105 Å². The van der Waals surface area contributed by atoms with Gasteiger partial charge in [-0.3, -0.25) is 19.2 Å². The highest BCUT2D eigenvalue weighted by molar-refractivity contribution is 6.06. The van der Waals surface area contributed by atoms with Gasteiger partial charge in [-0.15, -0.1) is 0 Å². The summed E-state index contributed by atoms with van der Waals surface area (Å²) >= 11 is 0. The van der Waals surface area contributed by atoms with Gasteiger partial charge in [-0.1, -0.05) is 150 Å². The van der Waals surface area contributed by atoms with Crippen LogP contribution in [0.1, 0.15) is 192 Å². The minimum Gasteiger partial charge on any atom is -0.370 e. The molecule has 8 nitrogen and oxygen atoms in total. The molecule has 9 rings (SSSR count). The number of ketones is 4. The van der Waals surface area contributed by atoms with Gasteiger partial charge in [0.25, 0.3) is 0 Å². The Morgan fingerprint density at radius 1 is 0.358 bits per heavy atom. The lowest BCUT2D eigenvalue weighted by Gasteiger charge is -2.36. The predicted molar refractivity (Wildman–Crippen MR) is 262 cm³/mol. The molecule has 0 bridgehead atoms. The Hall–Kier alpha value is -4.60. The Bertz CT molecular complexity index is 2280. The quantitative estimate of drug-likeness (QED) is 0.102. The molecule has 0 aromatic heterocycles. The van der Waals surface area contributed by atoms with E-state index in [-0.39, 0.29) is 23.1 Å². The molecule has 0 spiro atoms. The zero-order valence-electron chi connectivity index (χ0n) is 40.4. The highest BCUT2D eigenvalue weighted by Gasteiger charge is 2.48. The largest absolute Gasteiger partial charge is 0.370 e. The van der Waals surface area contributed by atoms with Crippen molar-refractivity contribution in [2.75, 3.05) is 28.4 Å². The normalized spacial score (nSPS) is 21.1. The van der Waals surface area contributed by atoms with E-state index in [4.69, 9.17) is 18.9 Å². The van der Waals surface area contributed by atoms with Gasteiger partial charge in [0.1, 0.15) is 22.4 Å². The lowest BCUT2D eigenvalue weighted by Crippen LogP contribution is -2.43. The third-order valence-corrected chi connectivity index (χ3v) is 17.2. The average molecular weight is 907 g/mol. The number of ether oxygens (including phenoxy) is 4. The van der Waals surface area contributed by atoms with Gasteiger partial charge < -0.3 is 18.9 Å². The van der Waals surface area contributed by atoms with E-state index in [9.17, 15) is 19.2 Å². The zero-order valence-corrected chi connectivity index (χ0v) is 40.4. The molecular weight excluding hydrogens is 837 g/mol. The third kappa shape index (κ3) is 8.53. The molecule has 0 unspecified atom stereocenters. The Morgan fingerprint density at radius 2 is 0.612 bits per heavy atom. The summed E-state index contributed by atoms with van der Waals surface area (Å²) in [5.41, 5.74) is 4.48. The van der Waals surface area contributed by atoms with Crippen LogP contribution in [0.15, 0.2) is 84.9 Å². The standard InChI is InChI=1S/C59H70O8/c1-64-56(29-9-5-10-30-56)51(60)43-21-17-41(18-22-43)39-55(40-42-19-23-44(24-20-42)52(61)57(65-2)31-11-6-12-32-57)49-37-45(53(62)58(66-3)33-13-7-14-34-58)25-27-47(49)48-28-26-46(38-50(48)55)54(63)59(67-4)35-15-8-16-36-59/h17-28,37-38H,5-16,29-36,39-40H2,1-4H3. The first-order valence-electron chi connectivity index (χ1n) is 25.4. The molecule has 5 aliphatic carbocycles. The smallest absolute Gasteiger partial charge is 0.194 e. The Morgan fingerprint density at radius 3 is 0.881 bits per heavy atom. The van der Waals surface area contributed by atoms with Crippen LogP contribution in [-0.2, 0) is 37.2 Å². The number of hydrogen-bond acceptors (Lipinski definition) is 8. The first-order chi connectivity index (χ1) is 32.5. The van der Waals surface area contributed by atoms with E-state index in [1.54, 1.807) is 28.4 Å². The molecule has 4 aromatic rings. The van der Waals surface area contributed by atoms with Gasteiger partial charge in [-0.2, -0.15) is 0 Å². The maximum absolute atomic E-state index is 14.8. The lowest BCUT2D eigenvalue weighted by molar-refractivity contribution is -0.0194. The molecule has 5 aliphatic rings. The molecule has 0 N–H and O–H groups in total. The number of fused-ring (bicyclic) bond motifs is 3. The van der Waals surface area contributed by atoms with Crippen molar-refractivity contribution in [2.24, 2.45) is 0 Å². The third-order valence-electron chi connectivity index (χ3n) is 17.2. The van der Waals surface area contributed by atoms with E-state index < -0.39 is 27.8 Å². The second kappa shape index (κ2) is 19.4. The van der Waals surface area contributed by atoms with Gasteiger partial charge >= 0.3 is 0 Å². The summed E-state index contributed by atoms with van der Waals surface area (Å²) in [6, 6.07) is 28.4. The van der Waals surface area contributed by atoms with Crippen LogP contribution in [0.5, 0.6) is 0 Å². The number of benzene rings is 4. The number of carbonyl (C=O) groups excluding carboxylic acids is 4. The van der Waals surface area contributed by atoms with Crippen LogP contribution in [0.2, 0.25) is 0 Å². The molecule has 0 aliphatic heterocycles. The highest BCUT2D eigenvalue weighted by Crippen LogP contribution is 2.54. The van der Waals surface area contributed by atoms with Gasteiger partial charge in [-0.05, 0) is 110 Å². The van der Waals surface area contributed by atoms with Crippen LogP contribution in [0, 0.1) is 0 Å². The monoisotopic (exact) mass is 907 g/mol. The summed E-state index contributed by atoms with van der Waals surface area (Å²) in [6.45, 7) is 0. The number of Topliss-reactive ketones (excluding diaryl/α,β-unsaturated/α-hetero) is 4. The minimum absolute atomic E-state index is 0.00728. The number of methoxy groups -OCH3 is 4. The van der Waals surface area contributed by atoms with E-state index in [1.807, 2.05) is 36.4 Å². The van der Waals surface area contributed by atoms with E-state index in [2.05, 4.69) is 48.5 Å². The molecule has 4 aromatic carbocycles. The number of carbonyl (C=O) groups is 4. The lowest BCUT2D eigenvalue weighted by atomic mass is 9.68. The van der Waals surface area contributed by atoms with E-state index in [0.29, 0.717) is 86.5 Å². The maximum atomic E-state index is 14.8. The van der Waals surface area contributed by atoms with Crippen LogP contribution in [0.4, 0.5) is 0 Å². The summed E-state index contributed by atoms with van der Waals surface area (Å²) in [7, 11) is 6.66. The summed E-state index contributed by atoms with van der Waals surface area (Å²) in [5.74, 6) is 0.0729. The zero-order chi connectivity index (χ0) is 46.9. The maximum Gasteiger partial charge on any atom is 0.194 e. The predicted octanol–water partition coefficient (Wildman–Crippen LogP) is 12.6. The van der Waals surface area contributed by atoms with Crippen LogP contribution in [0.3, 0.4) is 0 Å². The first-order valence-corrected chi connectivity index (χ1v) is 25.4. The van der Waals surface area contributed by atoms with Crippen molar-refractivity contribution in [3.8, 4) is 11.1 Å². The van der Waals surface area contributed by atoms with Crippen LogP contribution in [0.25, 0.3) is 11.1 Å². The Balaban J connectivity index is 1.19. The summed E-state index contributed by atoms with van der Waals surface area (Å²) in [5, 5.41) is 0. The first kappa shape index (κ1) is 47.5. The van der Waals surface area contributed by atoms with Gasteiger partial charge in [0.15, 0.2) is 23.1 Å². The second-order valence-electron chi connectivity index (χ2n) is 20.7. The molecular formula is C59H70O8. The van der Waals surface area contributed by atoms with Crippen molar-refractivity contribution >= 4 is 23.1 Å². The van der Waals surface area contributed by atoms with Crippen LogP contribution >= 0.6 is 0 Å². The fourth-order valence-electron chi connectivity index (χ4n) is 13.1. The van der Waals surface area contributed by atoms with Crippen LogP contribution < -0.4 is 0 Å². The number of hydrogen-bond donors (Lipinski definition) is 0. The SMILES string of the molecule is COC1(C(=O)c2ccc(CC3(Cc4ccc(C(=O)C5(OC)CCCCC5)cc4)c4cc(C(=O)C5(OC)CCCCC5)ccc4-c4ccc(C(=O)C5(OC)CCCCC5)cc43)cc2)CCCCC1. The van der Waals surface area contributed by atoms with Gasteiger partial charge in [-0.25, -0.2) is 0 Å². The molecule has 4 saturated carbocycles. The second-order valence-corrected chi connectivity index (χ2v) is 20.7. The minimum atomic E-state index is -0.880. The molecule has 0 amide bonds. The van der Waals surface area contributed by atoms with Crippen molar-refractivity contribution in [3.63, 3.8) is 0 Å². The molecule has 4 fully saturated rings. The van der Waals surface area contributed by atoms with Crippen molar-refractivity contribution < 1.29 is 38.1 Å². The van der Waals surface area contributed by atoms with E-state index >= 15 is 0 Å². The highest BCUT2D eigenvalue weighted by atomic mass is 16.5. The Kier molecular flexibility index (Phi) is 13.8. The van der Waals surface area contributed by atoms with Crippen molar-refractivity contribution in [1.82, 2.24) is 0 Å². The van der Waals surface area contributed by atoms with E-state index in [0.717, 1.165) is 110 Å². The van der Waals surface area contributed by atoms with Crippen molar-refractivity contribution in [2.45, 2.75) is 169 Å². The van der Waals surface area contributed by atoms with Gasteiger partial charge in [0.2, 0.25) is 0 Å². The summed E-state index contributed by atoms with van der Waals surface area (Å²) in [6.07, 6.45) is 18.6. The molecule has 0 heterocycles. The fraction of sp³-hybridized carbons (Fsp3) is 0.525.